The molecule has 3 heterocycles. The summed E-state index contributed by atoms with van der Waals surface area (Å²) in [5.74, 6) is 0.636. The van der Waals surface area contributed by atoms with Crippen molar-refractivity contribution in [1.82, 2.24) is 19.1 Å². The molecule has 4 heteroatoms. The Morgan fingerprint density at radius 3 is 1.65 bits per heavy atom. The lowest BCUT2D eigenvalue weighted by Gasteiger charge is -2.15. The van der Waals surface area contributed by atoms with Crippen molar-refractivity contribution in [2.75, 3.05) is 0 Å². The molecular formula is C64H40N4. The summed E-state index contributed by atoms with van der Waals surface area (Å²) in [5, 5.41) is 10.5. The summed E-state index contributed by atoms with van der Waals surface area (Å²) >= 11 is 0. The number of hydrogen-bond acceptors (Lipinski definition) is 2. The van der Waals surface area contributed by atoms with E-state index in [2.05, 4.69) is 252 Å². The summed E-state index contributed by atoms with van der Waals surface area (Å²) in [7, 11) is 0. The Bertz CT molecular complexity index is 4300. The predicted octanol–water partition coefficient (Wildman–Crippen LogP) is 16.8. The minimum absolute atomic E-state index is 0.636. The molecule has 0 amide bonds. The number of benzene rings is 11. The zero-order valence-corrected chi connectivity index (χ0v) is 36.9. The smallest absolute Gasteiger partial charge is 0.235 e. The van der Waals surface area contributed by atoms with Gasteiger partial charge in [0.2, 0.25) is 5.95 Å². The highest BCUT2D eigenvalue weighted by Crippen LogP contribution is 2.43. The molecule has 0 radical (unpaired) electrons. The van der Waals surface area contributed by atoms with Gasteiger partial charge in [0, 0.05) is 38.2 Å². The lowest BCUT2D eigenvalue weighted by atomic mass is 9.93. The predicted molar refractivity (Wildman–Crippen MR) is 285 cm³/mol. The number of rotatable bonds is 6. The van der Waals surface area contributed by atoms with Crippen molar-refractivity contribution in [2.24, 2.45) is 0 Å². The van der Waals surface area contributed by atoms with Gasteiger partial charge in [-0.15, -0.1) is 0 Å². The first-order chi connectivity index (χ1) is 33.7. The molecule has 68 heavy (non-hydrogen) atoms. The molecule has 0 aliphatic rings. The largest absolute Gasteiger partial charge is 0.309 e. The first-order valence-electron chi connectivity index (χ1n) is 23.2. The number of fused-ring (bicyclic) bond motifs is 9. The average Bonchev–Trinajstić information content (AvgIpc) is 3.92. The van der Waals surface area contributed by atoms with Crippen LogP contribution in [0.25, 0.3) is 132 Å². The van der Waals surface area contributed by atoms with Crippen molar-refractivity contribution in [2.45, 2.75) is 0 Å². The second-order valence-electron chi connectivity index (χ2n) is 17.7. The third-order valence-electron chi connectivity index (χ3n) is 13.9. The van der Waals surface area contributed by atoms with E-state index >= 15 is 0 Å². The lowest BCUT2D eigenvalue weighted by molar-refractivity contribution is 1.01. The lowest BCUT2D eigenvalue weighted by Crippen LogP contribution is -2.03. The van der Waals surface area contributed by atoms with E-state index in [0.29, 0.717) is 5.95 Å². The van der Waals surface area contributed by atoms with Crippen LogP contribution in [-0.2, 0) is 0 Å². The Kier molecular flexibility index (Phi) is 8.55. The Balaban J connectivity index is 1.01. The van der Waals surface area contributed by atoms with Gasteiger partial charge in [0.05, 0.1) is 33.3 Å². The van der Waals surface area contributed by atoms with E-state index in [0.717, 1.165) is 66.3 Å². The molecule has 0 N–H and O–H groups in total. The molecule has 14 aromatic rings. The van der Waals surface area contributed by atoms with Crippen molar-refractivity contribution in [1.29, 1.82) is 0 Å². The van der Waals surface area contributed by atoms with Crippen LogP contribution in [0.2, 0.25) is 0 Å². The Hall–Kier alpha value is -9.12. The van der Waals surface area contributed by atoms with Crippen molar-refractivity contribution in [3.8, 4) is 56.3 Å². The molecular weight excluding hydrogens is 825 g/mol. The van der Waals surface area contributed by atoms with Gasteiger partial charge in [-0.1, -0.05) is 194 Å². The number of aromatic nitrogens is 4. The van der Waals surface area contributed by atoms with Gasteiger partial charge in [-0.2, -0.15) is 0 Å². The summed E-state index contributed by atoms with van der Waals surface area (Å²) in [6.07, 6.45) is 0. The van der Waals surface area contributed by atoms with E-state index in [-0.39, 0.29) is 0 Å². The molecule has 0 saturated carbocycles. The molecule has 0 unspecified atom stereocenters. The summed E-state index contributed by atoms with van der Waals surface area (Å²) in [4.78, 5) is 11.0. The molecule has 0 atom stereocenters. The van der Waals surface area contributed by atoms with Crippen LogP contribution < -0.4 is 0 Å². The van der Waals surface area contributed by atoms with Crippen molar-refractivity contribution >= 4 is 76.1 Å². The number of nitrogens with zero attached hydrogens (tertiary/aromatic N) is 4. The molecule has 4 nitrogen and oxygen atoms in total. The quantitative estimate of drug-likeness (QED) is 0.167. The second-order valence-corrected chi connectivity index (χ2v) is 17.7. The highest BCUT2D eigenvalue weighted by molar-refractivity contribution is 6.20. The van der Waals surface area contributed by atoms with E-state index in [1.54, 1.807) is 0 Å². The van der Waals surface area contributed by atoms with Crippen LogP contribution in [0, 0.1) is 0 Å². The summed E-state index contributed by atoms with van der Waals surface area (Å²) in [5.41, 5.74) is 15.5. The topological polar surface area (TPSA) is 35.6 Å². The van der Waals surface area contributed by atoms with E-state index in [4.69, 9.17) is 9.97 Å². The van der Waals surface area contributed by atoms with Gasteiger partial charge in [0.25, 0.3) is 0 Å². The van der Waals surface area contributed by atoms with Crippen LogP contribution in [0.15, 0.2) is 243 Å². The first-order valence-corrected chi connectivity index (χ1v) is 23.2. The van der Waals surface area contributed by atoms with Gasteiger partial charge in [0.15, 0.2) is 0 Å². The van der Waals surface area contributed by atoms with E-state index in [9.17, 15) is 0 Å². The molecule has 11 aromatic carbocycles. The van der Waals surface area contributed by atoms with Gasteiger partial charge in [0.1, 0.15) is 0 Å². The molecule has 316 valence electrons. The summed E-state index contributed by atoms with van der Waals surface area (Å²) in [6, 6.07) is 87.6. The van der Waals surface area contributed by atoms with Crippen LogP contribution in [-0.4, -0.2) is 19.1 Å². The normalized spacial score (nSPS) is 11.8. The number of para-hydroxylation sites is 2. The van der Waals surface area contributed by atoms with Crippen LogP contribution >= 0.6 is 0 Å². The van der Waals surface area contributed by atoms with Gasteiger partial charge in [-0.05, 0) is 103 Å². The van der Waals surface area contributed by atoms with E-state index in [1.807, 2.05) is 0 Å². The molecule has 14 rings (SSSR count). The van der Waals surface area contributed by atoms with Crippen LogP contribution in [0.4, 0.5) is 0 Å². The van der Waals surface area contributed by atoms with Crippen molar-refractivity contribution in [3.63, 3.8) is 0 Å². The minimum Gasteiger partial charge on any atom is -0.309 e. The second kappa shape index (κ2) is 15.2. The highest BCUT2D eigenvalue weighted by atomic mass is 15.2. The fraction of sp³-hybridized carbons (Fsp3) is 0. The van der Waals surface area contributed by atoms with Crippen molar-refractivity contribution in [3.05, 3.63) is 243 Å². The van der Waals surface area contributed by atoms with E-state index in [1.165, 1.54) is 60.1 Å². The fourth-order valence-electron chi connectivity index (χ4n) is 10.8. The Morgan fingerprint density at radius 2 is 0.853 bits per heavy atom. The fourth-order valence-corrected chi connectivity index (χ4v) is 10.8. The van der Waals surface area contributed by atoms with Gasteiger partial charge >= 0.3 is 0 Å². The van der Waals surface area contributed by atoms with Gasteiger partial charge < -0.3 is 4.57 Å². The SMILES string of the molecule is c1ccc(-c2ccc(-n3c4ccccc4c4ccc(-c5cccc6c5c5cc7ccccc7cc5n6-c5nc(-c6ccc(-c7ccccc7)c7ccccc67)c6ccccc6n5)cc43)cc2)cc1. The first kappa shape index (κ1) is 38.2. The standard InChI is InChI=1S/C64H40N4/c1-3-16-41(17-4-1)42-30-33-47(34-31-42)67-58-28-14-12-24-52(58)53-35-32-46(40-60(53)67)49-26-15-29-59-62(49)56-38-44-20-7-8-21-45(44)39-61(56)68(59)64-65-57-27-13-11-25-55(57)63(66-64)54-37-36-48(43-18-5-2-6-19-43)50-22-9-10-23-51(50)54/h1-40H. The van der Waals surface area contributed by atoms with Crippen LogP contribution in [0.3, 0.4) is 0 Å². The van der Waals surface area contributed by atoms with Gasteiger partial charge in [-0.3, -0.25) is 4.57 Å². The molecule has 0 aliphatic heterocycles. The molecule has 0 saturated heterocycles. The maximum atomic E-state index is 5.63. The van der Waals surface area contributed by atoms with E-state index < -0.39 is 0 Å². The number of hydrogen-bond donors (Lipinski definition) is 0. The van der Waals surface area contributed by atoms with Crippen LogP contribution in [0.5, 0.6) is 0 Å². The third-order valence-corrected chi connectivity index (χ3v) is 13.9. The zero-order valence-electron chi connectivity index (χ0n) is 36.9. The molecule has 3 aromatic heterocycles. The Labute approximate surface area is 392 Å². The summed E-state index contributed by atoms with van der Waals surface area (Å²) in [6.45, 7) is 0. The van der Waals surface area contributed by atoms with Gasteiger partial charge in [-0.25, -0.2) is 9.97 Å². The maximum Gasteiger partial charge on any atom is 0.235 e. The highest BCUT2D eigenvalue weighted by Gasteiger charge is 2.22. The minimum atomic E-state index is 0.636. The zero-order chi connectivity index (χ0) is 44.7. The van der Waals surface area contributed by atoms with Crippen molar-refractivity contribution < 1.29 is 0 Å². The monoisotopic (exact) mass is 864 g/mol. The summed E-state index contributed by atoms with van der Waals surface area (Å²) < 4.78 is 4.71. The Morgan fingerprint density at radius 1 is 0.279 bits per heavy atom. The van der Waals surface area contributed by atoms with Crippen LogP contribution in [0.1, 0.15) is 0 Å². The maximum absolute atomic E-state index is 5.63. The molecule has 0 spiro atoms. The average molecular weight is 865 g/mol. The molecule has 0 fully saturated rings. The molecule has 0 bridgehead atoms. The molecule has 0 aliphatic carbocycles. The third kappa shape index (κ3) is 5.94.